The monoisotopic (exact) mass is 463 g/mol. The third-order valence-electron chi connectivity index (χ3n) is 5.37. The molecule has 0 spiro atoms. The Morgan fingerprint density at radius 1 is 0.970 bits per heavy atom. The minimum atomic E-state index is -3.87. The van der Waals surface area contributed by atoms with E-state index in [1.54, 1.807) is 30.3 Å². The molecule has 1 amide bonds. The van der Waals surface area contributed by atoms with E-state index in [4.69, 9.17) is 4.74 Å². The minimum absolute atomic E-state index is 0.00926. The van der Waals surface area contributed by atoms with Crippen LogP contribution in [0.15, 0.2) is 83.8 Å². The van der Waals surface area contributed by atoms with Gasteiger partial charge in [-0.2, -0.15) is 0 Å². The number of carbonyl (C=O) groups excluding carboxylic acids is 1. The summed E-state index contributed by atoms with van der Waals surface area (Å²) in [5.41, 5.74) is 9.43. The maximum absolute atomic E-state index is 12.8. The number of hydrogen-bond acceptors (Lipinski definition) is 5. The Kier molecular flexibility index (Phi) is 6.65. The second-order valence-electron chi connectivity index (χ2n) is 7.61. The van der Waals surface area contributed by atoms with Crippen molar-refractivity contribution in [1.29, 1.82) is 0 Å². The summed E-state index contributed by atoms with van der Waals surface area (Å²) in [6.07, 6.45) is 4.98. The average molecular weight is 464 g/mol. The zero-order chi connectivity index (χ0) is 23.3. The fraction of sp³-hybridized carbons (Fsp3) is 0.160. The van der Waals surface area contributed by atoms with Crippen LogP contribution < -0.4 is 20.3 Å². The van der Waals surface area contributed by atoms with Gasteiger partial charge in [0.2, 0.25) is 0 Å². The van der Waals surface area contributed by atoms with Crippen molar-refractivity contribution < 1.29 is 17.9 Å². The van der Waals surface area contributed by atoms with Crippen LogP contribution in [-0.4, -0.2) is 21.4 Å². The maximum Gasteiger partial charge on any atom is 0.269 e. The van der Waals surface area contributed by atoms with Gasteiger partial charge in [0, 0.05) is 16.8 Å². The third kappa shape index (κ3) is 5.35. The summed E-state index contributed by atoms with van der Waals surface area (Å²) in [4.78, 5) is 12.8. The number of amides is 1. The lowest BCUT2D eigenvalue weighted by molar-refractivity contribution is 0.0942. The normalized spacial score (nSPS) is 13.2. The number of hydrazine groups is 1. The first-order valence-corrected chi connectivity index (χ1v) is 12.1. The molecule has 0 aromatic heterocycles. The standard InChI is InChI=1S/C25H25N3O4S/c1-32-21-15-13-20(14-16-21)28-33(30,31)22-10-6-9-19(17-22)25(29)27-26-24-12-5-3-8-18-7-2-4-11-23(18)24/h2,4,6-7,9-17,26,28H,3,5,8H2,1H3,(H,27,29). The van der Waals surface area contributed by atoms with E-state index >= 15 is 0 Å². The van der Waals surface area contributed by atoms with Crippen LogP contribution >= 0.6 is 0 Å². The summed E-state index contributed by atoms with van der Waals surface area (Å²) >= 11 is 0. The van der Waals surface area contributed by atoms with Crippen molar-refractivity contribution in [2.24, 2.45) is 0 Å². The van der Waals surface area contributed by atoms with Gasteiger partial charge in [-0.1, -0.05) is 36.4 Å². The van der Waals surface area contributed by atoms with Crippen molar-refractivity contribution >= 4 is 27.3 Å². The Morgan fingerprint density at radius 2 is 1.76 bits per heavy atom. The molecule has 8 heteroatoms. The Bertz CT molecular complexity index is 1290. The van der Waals surface area contributed by atoms with E-state index in [1.165, 1.54) is 30.9 Å². The average Bonchev–Trinajstić information content (AvgIpc) is 3.05. The minimum Gasteiger partial charge on any atom is -0.497 e. The lowest BCUT2D eigenvalue weighted by atomic mass is 10.0. The zero-order valence-corrected chi connectivity index (χ0v) is 19.0. The number of methoxy groups -OCH3 is 1. The van der Waals surface area contributed by atoms with Crippen molar-refractivity contribution in [1.82, 2.24) is 10.9 Å². The van der Waals surface area contributed by atoms with Gasteiger partial charge in [0.25, 0.3) is 15.9 Å². The highest BCUT2D eigenvalue weighted by Gasteiger charge is 2.17. The number of nitrogens with one attached hydrogen (secondary N) is 3. The van der Waals surface area contributed by atoms with E-state index in [9.17, 15) is 13.2 Å². The number of allylic oxidation sites excluding steroid dienone is 1. The van der Waals surface area contributed by atoms with Crippen molar-refractivity contribution in [3.8, 4) is 5.75 Å². The molecule has 0 bridgehead atoms. The Labute approximate surface area is 193 Å². The van der Waals surface area contributed by atoms with Crippen LogP contribution in [0.1, 0.15) is 34.3 Å². The van der Waals surface area contributed by atoms with Gasteiger partial charge in [-0.3, -0.25) is 20.4 Å². The van der Waals surface area contributed by atoms with E-state index in [2.05, 4.69) is 27.7 Å². The number of aryl methyl sites for hydroxylation is 1. The third-order valence-corrected chi connectivity index (χ3v) is 6.74. The molecule has 3 N–H and O–H groups in total. The number of rotatable bonds is 7. The summed E-state index contributed by atoms with van der Waals surface area (Å²) in [6.45, 7) is 0. The Balaban J connectivity index is 1.47. The van der Waals surface area contributed by atoms with Gasteiger partial charge in [-0.25, -0.2) is 8.42 Å². The number of sulfonamides is 1. The van der Waals surface area contributed by atoms with Gasteiger partial charge >= 0.3 is 0 Å². The molecule has 1 aliphatic rings. The fourth-order valence-electron chi connectivity index (χ4n) is 3.64. The molecule has 0 atom stereocenters. The number of carbonyl (C=O) groups is 1. The van der Waals surface area contributed by atoms with E-state index < -0.39 is 15.9 Å². The van der Waals surface area contributed by atoms with Crippen LogP contribution in [0.4, 0.5) is 5.69 Å². The summed E-state index contributed by atoms with van der Waals surface area (Å²) in [5, 5.41) is 0. The van der Waals surface area contributed by atoms with Crippen LogP contribution in [0.5, 0.6) is 5.75 Å². The molecule has 7 nitrogen and oxygen atoms in total. The quantitative estimate of drug-likeness (QED) is 0.458. The van der Waals surface area contributed by atoms with E-state index in [0.717, 1.165) is 30.5 Å². The van der Waals surface area contributed by atoms with Crippen molar-refractivity contribution in [3.63, 3.8) is 0 Å². The molecular weight excluding hydrogens is 438 g/mol. The van der Waals surface area contributed by atoms with Gasteiger partial charge in [-0.05, 0) is 67.3 Å². The molecule has 4 rings (SSSR count). The molecule has 0 saturated carbocycles. The second kappa shape index (κ2) is 9.79. The molecular formula is C25H25N3O4S. The van der Waals surface area contributed by atoms with Gasteiger partial charge in [0.15, 0.2) is 0 Å². The van der Waals surface area contributed by atoms with Crippen LogP contribution in [0.25, 0.3) is 5.70 Å². The van der Waals surface area contributed by atoms with E-state index in [0.29, 0.717) is 11.4 Å². The van der Waals surface area contributed by atoms with Crippen molar-refractivity contribution in [2.45, 2.75) is 24.2 Å². The molecule has 1 aliphatic carbocycles. The Morgan fingerprint density at radius 3 is 2.55 bits per heavy atom. The van der Waals surface area contributed by atoms with Crippen molar-refractivity contribution in [2.75, 3.05) is 11.8 Å². The van der Waals surface area contributed by atoms with Crippen LogP contribution in [0.2, 0.25) is 0 Å². The maximum atomic E-state index is 12.8. The highest BCUT2D eigenvalue weighted by atomic mass is 32.2. The Hall–Kier alpha value is -3.78. The lowest BCUT2D eigenvalue weighted by Crippen LogP contribution is -2.36. The summed E-state index contributed by atoms with van der Waals surface area (Å²) in [5.74, 6) is 0.189. The number of hydrogen-bond donors (Lipinski definition) is 3. The number of benzene rings is 3. The number of anilines is 1. The van der Waals surface area contributed by atoms with Crippen LogP contribution in [-0.2, 0) is 16.4 Å². The topological polar surface area (TPSA) is 96.5 Å². The molecule has 0 fully saturated rings. The molecule has 0 heterocycles. The van der Waals surface area contributed by atoms with Gasteiger partial charge < -0.3 is 4.74 Å². The molecule has 0 saturated heterocycles. The van der Waals surface area contributed by atoms with Crippen LogP contribution in [0, 0.1) is 0 Å². The zero-order valence-electron chi connectivity index (χ0n) is 18.2. The van der Waals surface area contributed by atoms with Gasteiger partial charge in [0.1, 0.15) is 5.75 Å². The predicted molar refractivity (Wildman–Crippen MR) is 128 cm³/mol. The molecule has 0 aliphatic heterocycles. The summed E-state index contributed by atoms with van der Waals surface area (Å²) < 4.78 is 33.2. The largest absolute Gasteiger partial charge is 0.497 e. The predicted octanol–water partition coefficient (Wildman–Crippen LogP) is 4.11. The van der Waals surface area contributed by atoms with Gasteiger partial charge in [0.05, 0.1) is 17.7 Å². The number of ether oxygens (including phenoxy) is 1. The van der Waals surface area contributed by atoms with E-state index in [1.807, 2.05) is 18.2 Å². The smallest absolute Gasteiger partial charge is 0.269 e. The van der Waals surface area contributed by atoms with Crippen molar-refractivity contribution in [3.05, 3.63) is 95.6 Å². The molecule has 3 aromatic rings. The second-order valence-corrected chi connectivity index (χ2v) is 9.29. The first kappa shape index (κ1) is 22.4. The van der Waals surface area contributed by atoms with Crippen LogP contribution in [0.3, 0.4) is 0 Å². The summed E-state index contributed by atoms with van der Waals surface area (Å²) in [6, 6.07) is 20.5. The highest BCUT2D eigenvalue weighted by Crippen LogP contribution is 2.23. The van der Waals surface area contributed by atoms with E-state index in [-0.39, 0.29) is 10.5 Å². The molecule has 170 valence electrons. The van der Waals surface area contributed by atoms with Gasteiger partial charge in [-0.15, -0.1) is 0 Å². The number of fused-ring (bicyclic) bond motifs is 1. The molecule has 0 unspecified atom stereocenters. The summed E-state index contributed by atoms with van der Waals surface area (Å²) in [7, 11) is -2.33. The molecule has 3 aromatic carbocycles. The molecule has 33 heavy (non-hydrogen) atoms. The fourth-order valence-corrected chi connectivity index (χ4v) is 4.75. The molecule has 0 radical (unpaired) electrons. The first-order chi connectivity index (χ1) is 16.0. The highest BCUT2D eigenvalue weighted by molar-refractivity contribution is 7.92. The SMILES string of the molecule is COc1ccc(NS(=O)(=O)c2cccc(C(=O)NNC3=CCCCc4ccccc43)c2)cc1. The lowest BCUT2D eigenvalue weighted by Gasteiger charge is -2.15. The first-order valence-electron chi connectivity index (χ1n) is 10.6.